The average Bonchev–Trinajstić information content (AvgIpc) is 2.81. The molecule has 1 aliphatic heterocycles. The number of carbonyl (C=O) groups is 1. The molecule has 136 valence electrons. The molecule has 1 aliphatic rings. The van der Waals surface area contributed by atoms with Gasteiger partial charge >= 0.3 is 13.2 Å². The molecule has 0 saturated carbocycles. The van der Waals surface area contributed by atoms with Gasteiger partial charge < -0.3 is 14.4 Å². The minimum atomic E-state index is -3.16. The van der Waals surface area contributed by atoms with Crippen LogP contribution in [0.3, 0.4) is 0 Å². The van der Waals surface area contributed by atoms with Gasteiger partial charge in [0.25, 0.3) is 5.91 Å². The van der Waals surface area contributed by atoms with E-state index < -0.39 is 13.2 Å². The van der Waals surface area contributed by atoms with Crippen LogP contribution in [0, 0.1) is 0 Å². The van der Waals surface area contributed by atoms with Crippen molar-refractivity contribution in [2.75, 3.05) is 11.9 Å². The summed E-state index contributed by atoms with van der Waals surface area (Å²) < 4.78 is 58.6. The number of para-hydroxylation sites is 1. The van der Waals surface area contributed by atoms with Gasteiger partial charge in [0.1, 0.15) is 11.5 Å². The molecule has 0 unspecified atom stereocenters. The Kier molecular flexibility index (Phi) is 4.83. The Hall–Kier alpha value is -3.03. The molecule has 0 bridgehead atoms. The van der Waals surface area contributed by atoms with Gasteiger partial charge in [-0.05, 0) is 24.3 Å². The molecule has 4 nitrogen and oxygen atoms in total. The second kappa shape index (κ2) is 7.07. The Labute approximate surface area is 146 Å². The molecule has 0 atom stereocenters. The number of halogens is 4. The van der Waals surface area contributed by atoms with Crippen molar-refractivity contribution in [1.29, 1.82) is 0 Å². The van der Waals surface area contributed by atoms with Crippen LogP contribution in [0.25, 0.3) is 11.6 Å². The van der Waals surface area contributed by atoms with Crippen molar-refractivity contribution in [3.05, 3.63) is 53.6 Å². The van der Waals surface area contributed by atoms with Gasteiger partial charge in [-0.2, -0.15) is 17.6 Å². The third-order valence-corrected chi connectivity index (χ3v) is 3.82. The maximum Gasteiger partial charge on any atom is 0.387 e. The Balaban J connectivity index is 2.06. The van der Waals surface area contributed by atoms with Crippen LogP contribution in [-0.4, -0.2) is 26.2 Å². The quantitative estimate of drug-likeness (QED) is 0.581. The van der Waals surface area contributed by atoms with Gasteiger partial charge in [-0.1, -0.05) is 18.2 Å². The number of hydrogen-bond acceptors (Lipinski definition) is 3. The van der Waals surface area contributed by atoms with Crippen LogP contribution in [0.4, 0.5) is 23.2 Å². The monoisotopic (exact) mass is 367 g/mol. The fourth-order valence-corrected chi connectivity index (χ4v) is 2.70. The fraction of sp³-hybridized carbons (Fsp3) is 0.167. The third kappa shape index (κ3) is 3.49. The standard InChI is InChI=1S/C18H13F4NO3/c1-23-14-5-3-2-4-12(14)13(16(23)24)8-10-6-7-11(25-17(19)20)9-15(10)26-18(21)22/h2-9,17-18H,1H3/b13-8-. The molecule has 0 saturated heterocycles. The molecule has 1 heterocycles. The van der Waals surface area contributed by atoms with Gasteiger partial charge in [0, 0.05) is 29.8 Å². The molecule has 1 amide bonds. The summed E-state index contributed by atoms with van der Waals surface area (Å²) in [5.41, 5.74) is 1.73. The van der Waals surface area contributed by atoms with E-state index in [1.165, 1.54) is 23.1 Å². The van der Waals surface area contributed by atoms with Crippen molar-refractivity contribution in [3.8, 4) is 11.5 Å². The summed E-state index contributed by atoms with van der Waals surface area (Å²) in [6.45, 7) is -6.27. The van der Waals surface area contributed by atoms with E-state index in [1.807, 2.05) is 0 Å². The number of nitrogens with zero attached hydrogens (tertiary/aromatic N) is 1. The lowest BCUT2D eigenvalue weighted by molar-refractivity contribution is -0.112. The summed E-state index contributed by atoms with van der Waals surface area (Å²) in [6, 6.07) is 10.4. The number of anilines is 1. The number of benzene rings is 2. The minimum absolute atomic E-state index is 0.139. The van der Waals surface area contributed by atoms with Crippen molar-refractivity contribution in [1.82, 2.24) is 0 Å². The largest absolute Gasteiger partial charge is 0.435 e. The molecule has 0 spiro atoms. The highest BCUT2D eigenvalue weighted by Crippen LogP contribution is 2.38. The number of carbonyl (C=O) groups excluding carboxylic acids is 1. The summed E-state index contributed by atoms with van der Waals surface area (Å²) in [5.74, 6) is -1.01. The molecule has 0 fully saturated rings. The van der Waals surface area contributed by atoms with Crippen molar-refractivity contribution >= 4 is 23.2 Å². The third-order valence-electron chi connectivity index (χ3n) is 3.82. The van der Waals surface area contributed by atoms with Gasteiger partial charge in [-0.15, -0.1) is 0 Å². The highest BCUT2D eigenvalue weighted by molar-refractivity contribution is 6.35. The lowest BCUT2D eigenvalue weighted by Gasteiger charge is -2.12. The summed E-state index contributed by atoms with van der Waals surface area (Å²) in [7, 11) is 1.60. The van der Waals surface area contributed by atoms with Crippen molar-refractivity contribution in [3.63, 3.8) is 0 Å². The van der Waals surface area contributed by atoms with Crippen LogP contribution in [0.5, 0.6) is 11.5 Å². The number of fused-ring (bicyclic) bond motifs is 1. The topological polar surface area (TPSA) is 38.8 Å². The number of likely N-dealkylation sites (N-methyl/N-ethyl adjacent to an activating group) is 1. The van der Waals surface area contributed by atoms with Crippen LogP contribution < -0.4 is 14.4 Å². The van der Waals surface area contributed by atoms with E-state index in [-0.39, 0.29) is 28.5 Å². The summed E-state index contributed by atoms with van der Waals surface area (Å²) in [5, 5.41) is 0. The van der Waals surface area contributed by atoms with Crippen molar-refractivity contribution < 1.29 is 31.8 Å². The molecule has 0 N–H and O–H groups in total. The number of rotatable bonds is 5. The summed E-state index contributed by atoms with van der Waals surface area (Å²) >= 11 is 0. The predicted octanol–water partition coefficient (Wildman–Crippen LogP) is 4.41. The van der Waals surface area contributed by atoms with Crippen LogP contribution in [-0.2, 0) is 4.79 Å². The highest BCUT2D eigenvalue weighted by Gasteiger charge is 2.29. The molecule has 0 aromatic heterocycles. The Bertz CT molecular complexity index is 867. The van der Waals surface area contributed by atoms with Crippen molar-refractivity contribution in [2.45, 2.75) is 13.2 Å². The number of amides is 1. The summed E-state index contributed by atoms with van der Waals surface area (Å²) in [4.78, 5) is 13.9. The van der Waals surface area contributed by atoms with E-state index in [9.17, 15) is 22.4 Å². The number of ether oxygens (including phenoxy) is 2. The molecule has 3 rings (SSSR count). The Morgan fingerprint density at radius 1 is 1.00 bits per heavy atom. The van der Waals surface area contributed by atoms with E-state index in [0.717, 1.165) is 6.07 Å². The van der Waals surface area contributed by atoms with Gasteiger partial charge in [0.15, 0.2) is 0 Å². The van der Waals surface area contributed by atoms with Crippen molar-refractivity contribution in [2.24, 2.45) is 0 Å². The smallest absolute Gasteiger partial charge is 0.387 e. The zero-order valence-corrected chi connectivity index (χ0v) is 13.5. The first-order valence-electron chi connectivity index (χ1n) is 7.49. The first-order valence-corrected chi connectivity index (χ1v) is 7.49. The van der Waals surface area contributed by atoms with E-state index >= 15 is 0 Å². The molecule has 0 aliphatic carbocycles. The highest BCUT2D eigenvalue weighted by atomic mass is 19.3. The predicted molar refractivity (Wildman–Crippen MR) is 87.4 cm³/mol. The van der Waals surface area contributed by atoms with Gasteiger partial charge in [0.2, 0.25) is 0 Å². The SMILES string of the molecule is CN1C(=O)/C(=C\c2ccc(OC(F)F)cc2OC(F)F)c2ccccc21. The van der Waals surface area contributed by atoms with E-state index in [4.69, 9.17) is 0 Å². The second-order valence-electron chi connectivity index (χ2n) is 5.40. The van der Waals surface area contributed by atoms with Gasteiger partial charge in [0.05, 0.1) is 5.69 Å². The maximum atomic E-state index is 12.7. The Morgan fingerprint density at radius 3 is 2.38 bits per heavy atom. The Morgan fingerprint density at radius 2 is 1.69 bits per heavy atom. The summed E-state index contributed by atoms with van der Waals surface area (Å²) in [6.07, 6.45) is 1.38. The lowest BCUT2D eigenvalue weighted by Crippen LogP contribution is -2.20. The molecule has 8 heteroatoms. The van der Waals surface area contributed by atoms with Crippen LogP contribution in [0.1, 0.15) is 11.1 Å². The zero-order chi connectivity index (χ0) is 18.8. The van der Waals surface area contributed by atoms with E-state index in [2.05, 4.69) is 9.47 Å². The van der Waals surface area contributed by atoms with E-state index in [0.29, 0.717) is 11.3 Å². The maximum absolute atomic E-state index is 12.7. The zero-order valence-electron chi connectivity index (χ0n) is 13.5. The van der Waals surface area contributed by atoms with Crippen LogP contribution in [0.2, 0.25) is 0 Å². The molecule has 2 aromatic rings. The average molecular weight is 367 g/mol. The normalized spacial score (nSPS) is 15.1. The second-order valence-corrected chi connectivity index (χ2v) is 5.40. The molecular formula is C18H13F4NO3. The molecular weight excluding hydrogens is 354 g/mol. The first kappa shape index (κ1) is 17.8. The molecule has 26 heavy (non-hydrogen) atoms. The number of alkyl halides is 4. The first-order chi connectivity index (χ1) is 12.4. The fourth-order valence-electron chi connectivity index (χ4n) is 2.70. The number of hydrogen-bond donors (Lipinski definition) is 0. The van der Waals surface area contributed by atoms with Crippen LogP contribution in [0.15, 0.2) is 42.5 Å². The van der Waals surface area contributed by atoms with E-state index in [1.54, 1.807) is 31.3 Å². The molecule has 0 radical (unpaired) electrons. The van der Waals surface area contributed by atoms with Crippen LogP contribution >= 0.6 is 0 Å². The van der Waals surface area contributed by atoms with Gasteiger partial charge in [-0.25, -0.2) is 0 Å². The molecule has 2 aromatic carbocycles. The lowest BCUT2D eigenvalue weighted by atomic mass is 10.0. The minimum Gasteiger partial charge on any atom is -0.435 e. The van der Waals surface area contributed by atoms with Gasteiger partial charge in [-0.3, -0.25) is 4.79 Å².